The molecule has 0 radical (unpaired) electrons. The van der Waals surface area contributed by atoms with Gasteiger partial charge in [-0.2, -0.15) is 0 Å². The van der Waals surface area contributed by atoms with Crippen LogP contribution in [0.2, 0.25) is 0 Å². The van der Waals surface area contributed by atoms with E-state index >= 15 is 0 Å². The highest BCUT2D eigenvalue weighted by molar-refractivity contribution is 7.90. The number of sulfone groups is 1. The van der Waals surface area contributed by atoms with Gasteiger partial charge in [0.05, 0.1) is 16.0 Å². The molecule has 1 N–H and O–H groups in total. The van der Waals surface area contributed by atoms with Gasteiger partial charge in [0.25, 0.3) is 5.91 Å². The van der Waals surface area contributed by atoms with Crippen molar-refractivity contribution in [2.24, 2.45) is 0 Å². The Balaban J connectivity index is 1.59. The number of hydrogen-bond acceptors (Lipinski definition) is 5. The standard InChI is InChI=1S/C20H15FN4O3S/c1-29(27,28)17-6-5-13-7-8-25(18(13)10-17)24-20(26)15-11-22-19(23-12-15)14-3-2-4-16(21)9-14/h2-12H,1H3,(H,24,26). The predicted octanol–water partition coefficient (Wildman–Crippen LogP) is 3.02. The van der Waals surface area contributed by atoms with Gasteiger partial charge < -0.3 is 0 Å². The molecule has 0 aliphatic heterocycles. The summed E-state index contributed by atoms with van der Waals surface area (Å²) < 4.78 is 38.4. The molecule has 0 bridgehead atoms. The van der Waals surface area contributed by atoms with Crippen LogP contribution in [-0.2, 0) is 9.84 Å². The van der Waals surface area contributed by atoms with Crippen LogP contribution in [0.3, 0.4) is 0 Å². The van der Waals surface area contributed by atoms with Gasteiger partial charge in [-0.1, -0.05) is 18.2 Å². The van der Waals surface area contributed by atoms with Crippen LogP contribution < -0.4 is 5.43 Å². The molecule has 0 aliphatic rings. The van der Waals surface area contributed by atoms with Gasteiger partial charge in [-0.15, -0.1) is 0 Å². The van der Waals surface area contributed by atoms with E-state index in [4.69, 9.17) is 0 Å². The van der Waals surface area contributed by atoms with Crippen LogP contribution in [0, 0.1) is 5.82 Å². The molecule has 4 aromatic rings. The van der Waals surface area contributed by atoms with Gasteiger partial charge in [0.1, 0.15) is 5.82 Å². The van der Waals surface area contributed by atoms with E-state index in [0.717, 1.165) is 11.6 Å². The lowest BCUT2D eigenvalue weighted by atomic mass is 10.2. The topological polar surface area (TPSA) is 94.0 Å². The molecule has 2 aromatic heterocycles. The van der Waals surface area contributed by atoms with Crippen molar-refractivity contribution < 1.29 is 17.6 Å². The van der Waals surface area contributed by atoms with Crippen molar-refractivity contribution in [1.29, 1.82) is 0 Å². The lowest BCUT2D eigenvalue weighted by Gasteiger charge is -2.09. The summed E-state index contributed by atoms with van der Waals surface area (Å²) in [5, 5.41) is 0.774. The summed E-state index contributed by atoms with van der Waals surface area (Å²) in [4.78, 5) is 20.9. The van der Waals surface area contributed by atoms with Crippen LogP contribution in [0.4, 0.5) is 4.39 Å². The number of nitrogens with zero attached hydrogens (tertiary/aromatic N) is 3. The molecule has 4 rings (SSSR count). The number of nitrogens with one attached hydrogen (secondary N) is 1. The average Bonchev–Trinajstić information content (AvgIpc) is 3.09. The number of fused-ring (bicyclic) bond motifs is 1. The highest BCUT2D eigenvalue weighted by Crippen LogP contribution is 2.20. The summed E-state index contributed by atoms with van der Waals surface area (Å²) in [6, 6.07) is 12.3. The van der Waals surface area contributed by atoms with Crippen LogP contribution in [-0.4, -0.2) is 35.2 Å². The Morgan fingerprint density at radius 3 is 2.52 bits per heavy atom. The minimum atomic E-state index is -3.38. The molecule has 146 valence electrons. The van der Waals surface area contributed by atoms with E-state index in [1.54, 1.807) is 30.5 Å². The summed E-state index contributed by atoms with van der Waals surface area (Å²) in [6.45, 7) is 0. The molecular weight excluding hydrogens is 395 g/mol. The molecule has 0 unspecified atom stereocenters. The number of carbonyl (C=O) groups excluding carboxylic acids is 1. The first-order valence-electron chi connectivity index (χ1n) is 8.52. The van der Waals surface area contributed by atoms with E-state index in [1.165, 1.54) is 41.3 Å². The monoisotopic (exact) mass is 410 g/mol. The Morgan fingerprint density at radius 2 is 1.83 bits per heavy atom. The molecule has 7 nitrogen and oxygen atoms in total. The highest BCUT2D eigenvalue weighted by Gasteiger charge is 2.13. The van der Waals surface area contributed by atoms with Gasteiger partial charge in [-0.3, -0.25) is 14.9 Å². The van der Waals surface area contributed by atoms with E-state index in [2.05, 4.69) is 15.4 Å². The smallest absolute Gasteiger partial charge is 0.267 e. The van der Waals surface area contributed by atoms with E-state index in [1.807, 2.05) is 0 Å². The summed E-state index contributed by atoms with van der Waals surface area (Å²) >= 11 is 0. The van der Waals surface area contributed by atoms with Gasteiger partial charge >= 0.3 is 0 Å². The van der Waals surface area contributed by atoms with Gasteiger partial charge in [-0.25, -0.2) is 22.8 Å². The van der Waals surface area contributed by atoms with Crippen LogP contribution in [0.25, 0.3) is 22.3 Å². The molecule has 1 amide bonds. The number of rotatable bonds is 4. The van der Waals surface area contributed by atoms with Crippen LogP contribution in [0.15, 0.2) is 72.0 Å². The third-order valence-corrected chi connectivity index (χ3v) is 5.42. The number of amides is 1. The largest absolute Gasteiger partial charge is 0.273 e. The maximum absolute atomic E-state index is 13.3. The Labute approximate surface area is 165 Å². The molecule has 0 spiro atoms. The zero-order chi connectivity index (χ0) is 20.6. The second-order valence-electron chi connectivity index (χ2n) is 6.43. The summed E-state index contributed by atoms with van der Waals surface area (Å²) in [6.07, 6.45) is 5.43. The van der Waals surface area contributed by atoms with Crippen molar-refractivity contribution in [3.05, 3.63) is 78.5 Å². The van der Waals surface area contributed by atoms with Gasteiger partial charge in [0.15, 0.2) is 15.7 Å². The first kappa shape index (κ1) is 18.8. The van der Waals surface area contributed by atoms with Crippen molar-refractivity contribution in [3.8, 4) is 11.4 Å². The fourth-order valence-corrected chi connectivity index (χ4v) is 3.47. The SMILES string of the molecule is CS(=O)(=O)c1ccc2ccn(NC(=O)c3cnc(-c4cccc(F)c4)nc3)c2c1. The Morgan fingerprint density at radius 1 is 1.07 bits per heavy atom. The maximum atomic E-state index is 13.3. The molecule has 0 saturated carbocycles. The van der Waals surface area contributed by atoms with E-state index in [0.29, 0.717) is 16.9 Å². The van der Waals surface area contributed by atoms with E-state index in [9.17, 15) is 17.6 Å². The summed E-state index contributed by atoms with van der Waals surface area (Å²) in [7, 11) is -3.38. The third kappa shape index (κ3) is 3.85. The van der Waals surface area contributed by atoms with Gasteiger partial charge in [0, 0.05) is 35.8 Å². The van der Waals surface area contributed by atoms with Crippen molar-refractivity contribution in [1.82, 2.24) is 14.6 Å². The Hall–Kier alpha value is -3.59. The van der Waals surface area contributed by atoms with Crippen molar-refractivity contribution in [3.63, 3.8) is 0 Å². The first-order valence-corrected chi connectivity index (χ1v) is 10.4. The normalized spacial score (nSPS) is 11.5. The quantitative estimate of drug-likeness (QED) is 0.558. The number of aromatic nitrogens is 3. The van der Waals surface area contributed by atoms with E-state index in [-0.39, 0.29) is 10.5 Å². The lowest BCUT2D eigenvalue weighted by Crippen LogP contribution is -2.22. The highest BCUT2D eigenvalue weighted by atomic mass is 32.2. The molecule has 0 aliphatic carbocycles. The summed E-state index contributed by atoms with van der Waals surface area (Å²) in [5.74, 6) is -0.579. The molecule has 29 heavy (non-hydrogen) atoms. The van der Waals surface area contributed by atoms with Crippen LogP contribution in [0.1, 0.15) is 10.4 Å². The van der Waals surface area contributed by atoms with E-state index < -0.39 is 21.6 Å². The molecule has 9 heteroatoms. The number of carbonyl (C=O) groups is 1. The van der Waals surface area contributed by atoms with Crippen molar-refractivity contribution in [2.75, 3.05) is 11.7 Å². The fourth-order valence-electron chi connectivity index (χ4n) is 2.83. The van der Waals surface area contributed by atoms with Crippen molar-refractivity contribution >= 4 is 26.6 Å². The molecular formula is C20H15FN4O3S. The first-order chi connectivity index (χ1) is 13.8. The molecule has 2 heterocycles. The minimum absolute atomic E-state index is 0.155. The van der Waals surface area contributed by atoms with Crippen LogP contribution >= 0.6 is 0 Å². The number of benzene rings is 2. The average molecular weight is 410 g/mol. The zero-order valence-corrected chi connectivity index (χ0v) is 16.0. The Bertz CT molecular complexity index is 1330. The number of hydrogen-bond donors (Lipinski definition) is 1. The zero-order valence-electron chi connectivity index (χ0n) is 15.2. The van der Waals surface area contributed by atoms with Crippen LogP contribution in [0.5, 0.6) is 0 Å². The number of halogens is 1. The molecule has 0 fully saturated rings. The van der Waals surface area contributed by atoms with Crippen molar-refractivity contribution in [2.45, 2.75) is 4.90 Å². The molecule has 0 atom stereocenters. The van der Waals surface area contributed by atoms with Gasteiger partial charge in [0.2, 0.25) is 0 Å². The maximum Gasteiger partial charge on any atom is 0.273 e. The molecule has 2 aromatic carbocycles. The second kappa shape index (κ2) is 7.10. The second-order valence-corrected chi connectivity index (χ2v) is 8.44. The Kier molecular flexibility index (Phi) is 4.59. The summed E-state index contributed by atoms with van der Waals surface area (Å²) in [5.41, 5.74) is 3.91. The minimum Gasteiger partial charge on any atom is -0.267 e. The predicted molar refractivity (Wildman–Crippen MR) is 106 cm³/mol. The fraction of sp³-hybridized carbons (Fsp3) is 0.0500. The molecule has 0 saturated heterocycles. The van der Waals surface area contributed by atoms with Gasteiger partial charge in [-0.05, 0) is 30.3 Å². The third-order valence-electron chi connectivity index (χ3n) is 4.31. The lowest BCUT2D eigenvalue weighted by molar-refractivity contribution is 0.101.